The predicted molar refractivity (Wildman–Crippen MR) is 85.0 cm³/mol. The Balaban J connectivity index is 2.03. The normalized spacial score (nSPS) is 10.9. The van der Waals surface area contributed by atoms with Gasteiger partial charge in [0.2, 0.25) is 0 Å². The number of nitrogens with zero attached hydrogens (tertiary/aromatic N) is 1. The van der Waals surface area contributed by atoms with E-state index in [-0.39, 0.29) is 0 Å². The van der Waals surface area contributed by atoms with Gasteiger partial charge in [-0.15, -0.1) is 11.3 Å². The molecule has 2 N–H and O–H groups in total. The molecule has 102 valence electrons. The molecular weight excluding hydrogens is 292 g/mol. The molecule has 0 aliphatic rings. The highest BCUT2D eigenvalue weighted by molar-refractivity contribution is 7.16. The first-order valence-electron chi connectivity index (χ1n) is 6.12. The Labute approximate surface area is 126 Å². The highest BCUT2D eigenvalue weighted by atomic mass is 35.5. The molecule has 1 heterocycles. The van der Waals surface area contributed by atoms with Crippen LogP contribution < -0.4 is 10.5 Å². The number of hydrogen-bond donors (Lipinski definition) is 1. The molecule has 0 atom stereocenters. The zero-order chi connectivity index (χ0) is 14.3. The summed E-state index contributed by atoms with van der Waals surface area (Å²) in [6, 6.07) is 7.64. The molecule has 5 heteroatoms. The van der Waals surface area contributed by atoms with Crippen LogP contribution in [0.1, 0.15) is 11.1 Å². The smallest absolute Gasteiger partial charge is 0.152 e. The fourth-order valence-corrected chi connectivity index (χ4v) is 2.92. The van der Waals surface area contributed by atoms with Crippen LogP contribution in [-0.4, -0.2) is 4.98 Å². The number of halogens is 1. The molecular formula is C15H13ClN2OS. The Bertz CT molecular complexity index is 775. The predicted octanol–water partition coefficient (Wildman–Crippen LogP) is 4.94. The Morgan fingerprint density at radius 1 is 1.20 bits per heavy atom. The van der Waals surface area contributed by atoms with Crippen LogP contribution in [0.15, 0.2) is 29.8 Å². The van der Waals surface area contributed by atoms with Crippen molar-refractivity contribution in [1.29, 1.82) is 0 Å². The number of fused-ring (bicyclic) bond motifs is 1. The zero-order valence-corrected chi connectivity index (χ0v) is 12.7. The molecule has 2 aromatic carbocycles. The molecule has 0 aliphatic heterocycles. The Kier molecular flexibility index (Phi) is 3.28. The van der Waals surface area contributed by atoms with Gasteiger partial charge in [-0.05, 0) is 49.2 Å². The number of ether oxygens (including phenoxy) is 1. The van der Waals surface area contributed by atoms with E-state index in [1.807, 2.05) is 38.1 Å². The van der Waals surface area contributed by atoms with Crippen molar-refractivity contribution in [2.24, 2.45) is 0 Å². The molecule has 3 aromatic rings. The van der Waals surface area contributed by atoms with Crippen LogP contribution in [0.2, 0.25) is 5.02 Å². The van der Waals surface area contributed by atoms with E-state index in [1.165, 1.54) is 0 Å². The topological polar surface area (TPSA) is 48.1 Å². The van der Waals surface area contributed by atoms with E-state index in [4.69, 9.17) is 22.1 Å². The summed E-state index contributed by atoms with van der Waals surface area (Å²) in [7, 11) is 0. The summed E-state index contributed by atoms with van der Waals surface area (Å²) in [6.07, 6.45) is 0. The number of aryl methyl sites for hydroxylation is 2. The first-order chi connectivity index (χ1) is 9.56. The number of nitrogen functional groups attached to an aromatic ring is 1. The summed E-state index contributed by atoms with van der Waals surface area (Å²) in [5.41, 5.74) is 11.2. The van der Waals surface area contributed by atoms with Crippen molar-refractivity contribution in [2.75, 3.05) is 5.73 Å². The number of benzene rings is 2. The van der Waals surface area contributed by atoms with E-state index in [2.05, 4.69) is 4.98 Å². The standard InChI is InChI=1S/C15H13ClN2OS/c1-8-5-10(6-9(2)13(8)16)19-11-3-4-12-15(14(11)17)18-7-20-12/h3-7H,17H2,1-2H3. The second-order valence-electron chi connectivity index (χ2n) is 4.65. The van der Waals surface area contributed by atoms with Crippen LogP contribution in [-0.2, 0) is 0 Å². The lowest BCUT2D eigenvalue weighted by Crippen LogP contribution is -1.94. The minimum absolute atomic E-state index is 0.564. The van der Waals surface area contributed by atoms with Gasteiger partial charge < -0.3 is 10.5 Å². The Hall–Kier alpha value is -1.78. The molecule has 0 fully saturated rings. The molecule has 3 rings (SSSR count). The summed E-state index contributed by atoms with van der Waals surface area (Å²) in [4.78, 5) is 4.26. The van der Waals surface area contributed by atoms with Gasteiger partial charge in [-0.2, -0.15) is 0 Å². The third kappa shape index (κ3) is 2.21. The van der Waals surface area contributed by atoms with Crippen LogP contribution in [0.4, 0.5) is 5.69 Å². The summed E-state index contributed by atoms with van der Waals surface area (Å²) in [5, 5.41) is 0.764. The third-order valence-corrected chi connectivity index (χ3v) is 4.53. The van der Waals surface area contributed by atoms with Gasteiger partial charge in [0.25, 0.3) is 0 Å². The second-order valence-corrected chi connectivity index (χ2v) is 5.91. The Morgan fingerprint density at radius 3 is 2.60 bits per heavy atom. The minimum atomic E-state index is 0.564. The number of aromatic nitrogens is 1. The van der Waals surface area contributed by atoms with Crippen molar-refractivity contribution in [3.05, 3.63) is 45.9 Å². The number of thiazole rings is 1. The maximum Gasteiger partial charge on any atom is 0.152 e. The van der Waals surface area contributed by atoms with E-state index in [1.54, 1.807) is 16.8 Å². The lowest BCUT2D eigenvalue weighted by Gasteiger charge is -2.11. The second kappa shape index (κ2) is 4.96. The summed E-state index contributed by atoms with van der Waals surface area (Å²) < 4.78 is 6.94. The number of nitrogens with two attached hydrogens (primary N) is 1. The fourth-order valence-electron chi connectivity index (χ4n) is 2.11. The van der Waals surface area contributed by atoms with E-state index in [9.17, 15) is 0 Å². The third-order valence-electron chi connectivity index (χ3n) is 3.14. The van der Waals surface area contributed by atoms with Crippen molar-refractivity contribution in [3.8, 4) is 11.5 Å². The molecule has 20 heavy (non-hydrogen) atoms. The summed E-state index contributed by atoms with van der Waals surface area (Å²) >= 11 is 7.72. The Morgan fingerprint density at radius 2 is 1.90 bits per heavy atom. The van der Waals surface area contributed by atoms with Crippen LogP contribution in [0, 0.1) is 13.8 Å². The molecule has 0 amide bonds. The summed E-state index contributed by atoms with van der Waals surface area (Å²) in [5.74, 6) is 1.34. The monoisotopic (exact) mass is 304 g/mol. The van der Waals surface area contributed by atoms with Gasteiger partial charge >= 0.3 is 0 Å². The van der Waals surface area contributed by atoms with Gasteiger partial charge in [0.15, 0.2) is 5.75 Å². The number of rotatable bonds is 2. The van der Waals surface area contributed by atoms with Gasteiger partial charge in [0.1, 0.15) is 17.0 Å². The van der Waals surface area contributed by atoms with E-state index in [0.717, 1.165) is 32.1 Å². The molecule has 0 saturated heterocycles. The molecule has 0 aliphatic carbocycles. The van der Waals surface area contributed by atoms with Gasteiger partial charge in [0.05, 0.1) is 10.2 Å². The van der Waals surface area contributed by atoms with Gasteiger partial charge in [0, 0.05) is 5.02 Å². The van der Waals surface area contributed by atoms with Crippen molar-refractivity contribution >= 4 is 38.8 Å². The molecule has 0 bridgehead atoms. The van der Waals surface area contributed by atoms with Crippen molar-refractivity contribution in [3.63, 3.8) is 0 Å². The number of hydrogen-bond acceptors (Lipinski definition) is 4. The molecule has 1 aromatic heterocycles. The molecule has 0 saturated carbocycles. The van der Waals surface area contributed by atoms with Gasteiger partial charge in [-0.3, -0.25) is 0 Å². The SMILES string of the molecule is Cc1cc(Oc2ccc3scnc3c2N)cc(C)c1Cl. The van der Waals surface area contributed by atoms with E-state index >= 15 is 0 Å². The fraction of sp³-hybridized carbons (Fsp3) is 0.133. The highest BCUT2D eigenvalue weighted by Gasteiger charge is 2.10. The average molecular weight is 305 g/mol. The molecule has 0 unspecified atom stereocenters. The van der Waals surface area contributed by atoms with Crippen molar-refractivity contribution in [1.82, 2.24) is 4.98 Å². The van der Waals surface area contributed by atoms with Crippen LogP contribution in [0.5, 0.6) is 11.5 Å². The van der Waals surface area contributed by atoms with E-state index < -0.39 is 0 Å². The van der Waals surface area contributed by atoms with Gasteiger partial charge in [-0.25, -0.2) is 4.98 Å². The largest absolute Gasteiger partial charge is 0.455 e. The average Bonchev–Trinajstić information content (AvgIpc) is 2.88. The van der Waals surface area contributed by atoms with Crippen molar-refractivity contribution in [2.45, 2.75) is 13.8 Å². The highest BCUT2D eigenvalue weighted by Crippen LogP contribution is 2.36. The maximum atomic E-state index is 6.16. The zero-order valence-electron chi connectivity index (χ0n) is 11.1. The first-order valence-corrected chi connectivity index (χ1v) is 7.38. The molecule has 0 spiro atoms. The first kappa shape index (κ1) is 13.2. The van der Waals surface area contributed by atoms with Crippen LogP contribution in [0.25, 0.3) is 10.2 Å². The quantitative estimate of drug-likeness (QED) is 0.682. The van der Waals surface area contributed by atoms with Crippen molar-refractivity contribution < 1.29 is 4.74 Å². The van der Waals surface area contributed by atoms with Crippen LogP contribution in [0.3, 0.4) is 0 Å². The summed E-state index contributed by atoms with van der Waals surface area (Å²) in [6.45, 7) is 3.91. The lowest BCUT2D eigenvalue weighted by molar-refractivity contribution is 0.485. The van der Waals surface area contributed by atoms with Gasteiger partial charge in [-0.1, -0.05) is 11.6 Å². The number of anilines is 1. The lowest BCUT2D eigenvalue weighted by atomic mass is 10.1. The molecule has 3 nitrogen and oxygen atoms in total. The minimum Gasteiger partial charge on any atom is -0.455 e. The van der Waals surface area contributed by atoms with Crippen LogP contribution >= 0.6 is 22.9 Å². The van der Waals surface area contributed by atoms with E-state index in [0.29, 0.717) is 11.4 Å². The maximum absolute atomic E-state index is 6.16. The molecule has 0 radical (unpaired) electrons.